The Bertz CT molecular complexity index is 197. The summed E-state index contributed by atoms with van der Waals surface area (Å²) in [6.45, 7) is 0.519. The van der Waals surface area contributed by atoms with Gasteiger partial charge in [-0.2, -0.15) is 0 Å². The molecule has 0 unspecified atom stereocenters. The molecule has 0 radical (unpaired) electrons. The van der Waals surface area contributed by atoms with Crippen molar-refractivity contribution in [3.8, 4) is 0 Å². The Balaban J connectivity index is 2.82. The normalized spacial score (nSPS) is 34.2. The predicted octanol–water partition coefficient (Wildman–Crippen LogP) is 1.08. The van der Waals surface area contributed by atoms with E-state index in [2.05, 4.69) is 20.7 Å². The highest BCUT2D eigenvalue weighted by molar-refractivity contribution is 9.09. The largest absolute Gasteiger partial charge is 0.465 e. The van der Waals surface area contributed by atoms with Crippen LogP contribution in [0.4, 0.5) is 0 Å². The molecule has 0 aliphatic carbocycles. The fraction of sp³-hybridized carbons (Fsp3) is 0.875. The zero-order chi connectivity index (χ0) is 9.90. The van der Waals surface area contributed by atoms with Gasteiger partial charge >= 0.3 is 5.97 Å². The van der Waals surface area contributed by atoms with Gasteiger partial charge in [-0.1, -0.05) is 15.9 Å². The highest BCUT2D eigenvalue weighted by Crippen LogP contribution is 2.32. The second-order valence-electron chi connectivity index (χ2n) is 2.82. The molecule has 1 saturated heterocycles. The van der Waals surface area contributed by atoms with E-state index in [0.29, 0.717) is 6.61 Å². The molecule has 13 heavy (non-hydrogen) atoms. The van der Waals surface area contributed by atoms with Crippen LogP contribution in [0.25, 0.3) is 0 Å². The summed E-state index contributed by atoms with van der Waals surface area (Å²) in [5.41, 5.74) is 0. The molecule has 1 heterocycles. The van der Waals surface area contributed by atoms with Crippen molar-refractivity contribution in [1.29, 1.82) is 0 Å². The van der Waals surface area contributed by atoms with Crippen molar-refractivity contribution in [3.05, 3.63) is 0 Å². The van der Waals surface area contributed by atoms with E-state index in [0.717, 1.165) is 12.8 Å². The fourth-order valence-corrected chi connectivity index (χ4v) is 2.20. The summed E-state index contributed by atoms with van der Waals surface area (Å²) in [6.07, 6.45) is 1.75. The van der Waals surface area contributed by atoms with Crippen molar-refractivity contribution in [1.82, 2.24) is 0 Å². The summed E-state index contributed by atoms with van der Waals surface area (Å²) in [7, 11) is 2.76. The summed E-state index contributed by atoms with van der Waals surface area (Å²) >= 11 is 3.36. The molecule has 0 aromatic carbocycles. The number of rotatable bonds is 2. The molecule has 0 spiro atoms. The van der Waals surface area contributed by atoms with Crippen molar-refractivity contribution < 1.29 is 19.0 Å². The minimum atomic E-state index is -1.26. The standard InChI is InChI=1S/C8H13BrO4/c1-11-7(10)8(12-2)6(9)4-3-5-13-8/h6H,3-5H2,1-2H3/t6-,8-/m0/s1. The molecule has 0 N–H and O–H groups in total. The van der Waals surface area contributed by atoms with E-state index in [1.54, 1.807) is 0 Å². The Morgan fingerprint density at radius 1 is 1.62 bits per heavy atom. The number of esters is 1. The van der Waals surface area contributed by atoms with E-state index in [4.69, 9.17) is 9.47 Å². The van der Waals surface area contributed by atoms with Crippen molar-refractivity contribution in [2.75, 3.05) is 20.8 Å². The predicted molar refractivity (Wildman–Crippen MR) is 49.7 cm³/mol. The Labute approximate surface area is 85.7 Å². The van der Waals surface area contributed by atoms with Crippen LogP contribution in [-0.4, -0.2) is 37.4 Å². The lowest BCUT2D eigenvalue weighted by Crippen LogP contribution is -2.54. The van der Waals surface area contributed by atoms with Crippen LogP contribution in [0.5, 0.6) is 0 Å². The number of alkyl halides is 1. The van der Waals surface area contributed by atoms with Gasteiger partial charge in [0.05, 0.1) is 18.5 Å². The molecule has 2 atom stereocenters. The SMILES string of the molecule is COC(=O)[C@@]1(OC)OCCC[C@@H]1Br. The van der Waals surface area contributed by atoms with Crippen LogP contribution in [0.2, 0.25) is 0 Å². The van der Waals surface area contributed by atoms with Crippen LogP contribution in [0.3, 0.4) is 0 Å². The van der Waals surface area contributed by atoms with Gasteiger partial charge in [0.25, 0.3) is 5.79 Å². The number of methoxy groups -OCH3 is 2. The molecule has 1 aliphatic rings. The van der Waals surface area contributed by atoms with Gasteiger partial charge in [0.15, 0.2) is 0 Å². The minimum Gasteiger partial charge on any atom is -0.465 e. The van der Waals surface area contributed by atoms with Crippen LogP contribution in [-0.2, 0) is 19.0 Å². The Kier molecular flexibility index (Phi) is 3.70. The maximum atomic E-state index is 11.4. The average molecular weight is 253 g/mol. The van der Waals surface area contributed by atoms with Crippen LogP contribution in [0, 0.1) is 0 Å². The van der Waals surface area contributed by atoms with Gasteiger partial charge in [-0.15, -0.1) is 0 Å². The van der Waals surface area contributed by atoms with Gasteiger partial charge < -0.3 is 14.2 Å². The molecule has 5 heteroatoms. The molecule has 0 aromatic rings. The van der Waals surface area contributed by atoms with E-state index < -0.39 is 11.8 Å². The molecule has 76 valence electrons. The lowest BCUT2D eigenvalue weighted by molar-refractivity contribution is -0.245. The maximum Gasteiger partial charge on any atom is 0.367 e. The molecular weight excluding hydrogens is 240 g/mol. The molecule has 1 rings (SSSR count). The zero-order valence-corrected chi connectivity index (χ0v) is 9.30. The minimum absolute atomic E-state index is 0.147. The summed E-state index contributed by atoms with van der Waals surface area (Å²) in [6, 6.07) is 0. The quantitative estimate of drug-likeness (QED) is 0.545. The summed E-state index contributed by atoms with van der Waals surface area (Å²) in [5, 5.41) is 0. The van der Waals surface area contributed by atoms with E-state index in [1.165, 1.54) is 14.2 Å². The van der Waals surface area contributed by atoms with Crippen LogP contribution < -0.4 is 0 Å². The lowest BCUT2D eigenvalue weighted by atomic mass is 10.1. The number of hydrogen-bond acceptors (Lipinski definition) is 4. The first kappa shape index (κ1) is 10.9. The van der Waals surface area contributed by atoms with Gasteiger partial charge in [-0.25, -0.2) is 4.79 Å². The molecular formula is C8H13BrO4. The highest BCUT2D eigenvalue weighted by Gasteiger charge is 2.49. The number of ether oxygens (including phenoxy) is 3. The molecule has 1 fully saturated rings. The maximum absolute atomic E-state index is 11.4. The van der Waals surface area contributed by atoms with Crippen LogP contribution >= 0.6 is 15.9 Å². The third-order valence-electron chi connectivity index (χ3n) is 2.10. The van der Waals surface area contributed by atoms with Gasteiger partial charge in [-0.3, -0.25) is 0 Å². The zero-order valence-electron chi connectivity index (χ0n) is 7.71. The van der Waals surface area contributed by atoms with Crippen LogP contribution in [0.15, 0.2) is 0 Å². The number of halogens is 1. The van der Waals surface area contributed by atoms with E-state index in [1.807, 2.05) is 0 Å². The Hall–Kier alpha value is -0.130. The molecule has 1 aliphatic heterocycles. The third-order valence-corrected chi connectivity index (χ3v) is 3.16. The molecule has 0 bridgehead atoms. The van der Waals surface area contributed by atoms with Crippen molar-refractivity contribution in [3.63, 3.8) is 0 Å². The van der Waals surface area contributed by atoms with Crippen molar-refractivity contribution in [2.24, 2.45) is 0 Å². The van der Waals surface area contributed by atoms with E-state index in [9.17, 15) is 4.79 Å². The lowest BCUT2D eigenvalue weighted by Gasteiger charge is -2.36. The first-order valence-electron chi connectivity index (χ1n) is 4.09. The second kappa shape index (κ2) is 4.39. The molecule has 4 nitrogen and oxygen atoms in total. The molecule has 0 amide bonds. The topological polar surface area (TPSA) is 44.8 Å². The Morgan fingerprint density at radius 2 is 2.31 bits per heavy atom. The monoisotopic (exact) mass is 252 g/mol. The molecule has 0 aromatic heterocycles. The van der Waals surface area contributed by atoms with Gasteiger partial charge in [-0.05, 0) is 12.8 Å². The fourth-order valence-electron chi connectivity index (χ4n) is 1.37. The first-order valence-corrected chi connectivity index (χ1v) is 5.00. The summed E-state index contributed by atoms with van der Waals surface area (Å²) < 4.78 is 15.1. The number of carbonyl (C=O) groups excluding carboxylic acids is 1. The Morgan fingerprint density at radius 3 is 2.77 bits per heavy atom. The van der Waals surface area contributed by atoms with Crippen molar-refractivity contribution in [2.45, 2.75) is 23.5 Å². The van der Waals surface area contributed by atoms with E-state index in [-0.39, 0.29) is 4.83 Å². The van der Waals surface area contributed by atoms with E-state index >= 15 is 0 Å². The number of carbonyl (C=O) groups is 1. The third kappa shape index (κ3) is 1.87. The second-order valence-corrected chi connectivity index (χ2v) is 3.93. The van der Waals surface area contributed by atoms with Gasteiger partial charge in [0.1, 0.15) is 0 Å². The van der Waals surface area contributed by atoms with Gasteiger partial charge in [0, 0.05) is 7.11 Å². The molecule has 0 saturated carbocycles. The van der Waals surface area contributed by atoms with Crippen LogP contribution in [0.1, 0.15) is 12.8 Å². The highest BCUT2D eigenvalue weighted by atomic mass is 79.9. The summed E-state index contributed by atoms with van der Waals surface area (Å²) in [5.74, 6) is -1.75. The average Bonchev–Trinajstić information content (AvgIpc) is 2.18. The van der Waals surface area contributed by atoms with Crippen molar-refractivity contribution >= 4 is 21.9 Å². The van der Waals surface area contributed by atoms with Gasteiger partial charge in [0.2, 0.25) is 0 Å². The first-order chi connectivity index (χ1) is 6.17. The smallest absolute Gasteiger partial charge is 0.367 e. The summed E-state index contributed by atoms with van der Waals surface area (Å²) in [4.78, 5) is 11.3. The number of hydrogen-bond donors (Lipinski definition) is 0.